The van der Waals surface area contributed by atoms with E-state index >= 15 is 0 Å². The maximum atomic E-state index is 6.05. The van der Waals surface area contributed by atoms with Crippen LogP contribution in [0.3, 0.4) is 0 Å². The standard InChI is InChI=1S/C24H35NO2/c1-4-6-7-8-11-16-25-18-21-14-15-23(24(17-21)26-5-2)27-19-22-13-10-9-12-20(22)3/h9-10,12-15,17,25H,4-8,11,16,18-19H2,1-3H3. The van der Waals surface area contributed by atoms with E-state index in [2.05, 4.69) is 49.5 Å². The van der Waals surface area contributed by atoms with Crippen LogP contribution in [-0.4, -0.2) is 13.2 Å². The Morgan fingerprint density at radius 3 is 2.44 bits per heavy atom. The van der Waals surface area contributed by atoms with E-state index in [9.17, 15) is 0 Å². The molecule has 0 spiro atoms. The molecule has 0 saturated carbocycles. The summed E-state index contributed by atoms with van der Waals surface area (Å²) in [5.74, 6) is 1.64. The molecule has 0 amide bonds. The predicted octanol–water partition coefficient (Wildman–Crippen LogP) is 6.03. The van der Waals surface area contributed by atoms with E-state index in [1.165, 1.54) is 48.8 Å². The first-order chi connectivity index (χ1) is 13.2. The number of rotatable bonds is 13. The van der Waals surface area contributed by atoms with Crippen LogP contribution in [0.5, 0.6) is 11.5 Å². The minimum atomic E-state index is 0.558. The van der Waals surface area contributed by atoms with Crippen molar-refractivity contribution in [1.82, 2.24) is 5.32 Å². The van der Waals surface area contributed by atoms with Gasteiger partial charge in [-0.15, -0.1) is 0 Å². The van der Waals surface area contributed by atoms with Crippen molar-refractivity contribution in [3.05, 3.63) is 59.2 Å². The van der Waals surface area contributed by atoms with Crippen molar-refractivity contribution in [1.29, 1.82) is 0 Å². The van der Waals surface area contributed by atoms with E-state index in [0.717, 1.165) is 24.6 Å². The number of aryl methyl sites for hydroxylation is 1. The predicted molar refractivity (Wildman–Crippen MR) is 114 cm³/mol. The molecule has 0 aromatic heterocycles. The van der Waals surface area contributed by atoms with Crippen LogP contribution in [0.4, 0.5) is 0 Å². The van der Waals surface area contributed by atoms with Gasteiger partial charge < -0.3 is 14.8 Å². The van der Waals surface area contributed by atoms with Gasteiger partial charge in [-0.1, -0.05) is 62.9 Å². The summed E-state index contributed by atoms with van der Waals surface area (Å²) in [7, 11) is 0. The van der Waals surface area contributed by atoms with Gasteiger partial charge in [0.25, 0.3) is 0 Å². The van der Waals surface area contributed by atoms with E-state index in [0.29, 0.717) is 13.2 Å². The molecule has 0 atom stereocenters. The molecular formula is C24H35NO2. The number of hydrogen-bond acceptors (Lipinski definition) is 3. The van der Waals surface area contributed by atoms with Gasteiger partial charge in [-0.05, 0) is 55.6 Å². The largest absolute Gasteiger partial charge is 0.490 e. The fourth-order valence-corrected chi connectivity index (χ4v) is 3.06. The summed E-state index contributed by atoms with van der Waals surface area (Å²) in [6.07, 6.45) is 6.56. The van der Waals surface area contributed by atoms with Gasteiger partial charge in [-0.2, -0.15) is 0 Å². The number of ether oxygens (including phenoxy) is 2. The molecule has 0 unspecified atom stereocenters. The van der Waals surface area contributed by atoms with Gasteiger partial charge in [0.1, 0.15) is 6.61 Å². The van der Waals surface area contributed by atoms with Crippen LogP contribution in [0.1, 0.15) is 62.6 Å². The Balaban J connectivity index is 1.86. The third kappa shape index (κ3) is 7.64. The molecule has 0 fully saturated rings. The fourth-order valence-electron chi connectivity index (χ4n) is 3.06. The van der Waals surface area contributed by atoms with Crippen LogP contribution in [-0.2, 0) is 13.2 Å². The smallest absolute Gasteiger partial charge is 0.161 e. The normalized spacial score (nSPS) is 10.8. The molecule has 3 nitrogen and oxygen atoms in total. The van der Waals surface area contributed by atoms with Crippen molar-refractivity contribution >= 4 is 0 Å². The molecule has 27 heavy (non-hydrogen) atoms. The number of hydrogen-bond donors (Lipinski definition) is 1. The highest BCUT2D eigenvalue weighted by molar-refractivity contribution is 5.43. The summed E-state index contributed by atoms with van der Waals surface area (Å²) >= 11 is 0. The Morgan fingerprint density at radius 1 is 0.852 bits per heavy atom. The second-order valence-corrected chi connectivity index (χ2v) is 7.02. The molecular weight excluding hydrogens is 334 g/mol. The van der Waals surface area contributed by atoms with Gasteiger partial charge in [-0.25, -0.2) is 0 Å². The quantitative estimate of drug-likeness (QED) is 0.437. The SMILES string of the molecule is CCCCCCCNCc1ccc(OCc2ccccc2C)c(OCC)c1. The van der Waals surface area contributed by atoms with Crippen LogP contribution in [0.25, 0.3) is 0 Å². The zero-order valence-electron chi connectivity index (χ0n) is 17.2. The summed E-state index contributed by atoms with van der Waals surface area (Å²) in [5, 5.41) is 3.54. The first kappa shape index (κ1) is 21.3. The van der Waals surface area contributed by atoms with Crippen molar-refractivity contribution in [2.75, 3.05) is 13.2 Å². The Labute approximate surface area is 165 Å². The van der Waals surface area contributed by atoms with Crippen LogP contribution >= 0.6 is 0 Å². The number of unbranched alkanes of at least 4 members (excludes halogenated alkanes) is 4. The molecule has 2 rings (SSSR count). The minimum Gasteiger partial charge on any atom is -0.490 e. The van der Waals surface area contributed by atoms with Crippen LogP contribution < -0.4 is 14.8 Å². The van der Waals surface area contributed by atoms with Crippen LogP contribution in [0, 0.1) is 6.92 Å². The monoisotopic (exact) mass is 369 g/mol. The van der Waals surface area contributed by atoms with E-state index in [4.69, 9.17) is 9.47 Å². The summed E-state index contributed by atoms with van der Waals surface area (Å²) in [6.45, 7) is 9.50. The Kier molecular flexibility index (Phi) is 9.78. The van der Waals surface area contributed by atoms with Gasteiger partial charge in [0, 0.05) is 6.54 Å². The van der Waals surface area contributed by atoms with Crippen LogP contribution in [0.15, 0.2) is 42.5 Å². The number of nitrogens with one attached hydrogen (secondary N) is 1. The highest BCUT2D eigenvalue weighted by Gasteiger charge is 2.08. The molecule has 0 saturated heterocycles. The average molecular weight is 370 g/mol. The maximum Gasteiger partial charge on any atom is 0.161 e. The second-order valence-electron chi connectivity index (χ2n) is 7.02. The van der Waals surface area contributed by atoms with E-state index in [1.807, 2.05) is 19.1 Å². The molecule has 0 aliphatic carbocycles. The molecule has 2 aromatic rings. The van der Waals surface area contributed by atoms with Gasteiger partial charge in [-0.3, -0.25) is 0 Å². The van der Waals surface area contributed by atoms with E-state index < -0.39 is 0 Å². The molecule has 148 valence electrons. The lowest BCUT2D eigenvalue weighted by Gasteiger charge is -2.14. The van der Waals surface area contributed by atoms with Crippen molar-refractivity contribution in [2.24, 2.45) is 0 Å². The third-order valence-corrected chi connectivity index (χ3v) is 4.74. The molecule has 1 N–H and O–H groups in total. The lowest BCUT2D eigenvalue weighted by atomic mass is 10.1. The van der Waals surface area contributed by atoms with Crippen molar-refractivity contribution in [3.63, 3.8) is 0 Å². The first-order valence-corrected chi connectivity index (χ1v) is 10.4. The Bertz CT molecular complexity index is 669. The van der Waals surface area contributed by atoms with Gasteiger partial charge in [0.2, 0.25) is 0 Å². The lowest BCUT2D eigenvalue weighted by molar-refractivity contribution is 0.268. The highest BCUT2D eigenvalue weighted by Crippen LogP contribution is 2.29. The van der Waals surface area contributed by atoms with Crippen molar-refractivity contribution in [2.45, 2.75) is 66.0 Å². The second kappa shape index (κ2) is 12.4. The molecule has 3 heteroatoms. The van der Waals surface area contributed by atoms with Gasteiger partial charge >= 0.3 is 0 Å². The summed E-state index contributed by atoms with van der Waals surface area (Å²) in [4.78, 5) is 0. The first-order valence-electron chi connectivity index (χ1n) is 10.4. The van der Waals surface area contributed by atoms with E-state index in [-0.39, 0.29) is 0 Å². The molecule has 0 bridgehead atoms. The van der Waals surface area contributed by atoms with Crippen LogP contribution in [0.2, 0.25) is 0 Å². The summed E-state index contributed by atoms with van der Waals surface area (Å²) in [6, 6.07) is 14.6. The average Bonchev–Trinajstić information content (AvgIpc) is 2.68. The molecule has 0 aliphatic heterocycles. The van der Waals surface area contributed by atoms with Crippen molar-refractivity contribution in [3.8, 4) is 11.5 Å². The number of benzene rings is 2. The molecule has 0 heterocycles. The molecule has 0 aliphatic rings. The third-order valence-electron chi connectivity index (χ3n) is 4.74. The summed E-state index contributed by atoms with van der Waals surface area (Å²) in [5.41, 5.74) is 3.68. The topological polar surface area (TPSA) is 30.5 Å². The van der Waals surface area contributed by atoms with Gasteiger partial charge in [0.15, 0.2) is 11.5 Å². The summed E-state index contributed by atoms with van der Waals surface area (Å²) < 4.78 is 11.9. The zero-order valence-corrected chi connectivity index (χ0v) is 17.2. The lowest BCUT2D eigenvalue weighted by Crippen LogP contribution is -2.14. The van der Waals surface area contributed by atoms with Gasteiger partial charge in [0.05, 0.1) is 6.61 Å². The Hall–Kier alpha value is -2.00. The Morgan fingerprint density at radius 2 is 1.67 bits per heavy atom. The van der Waals surface area contributed by atoms with E-state index in [1.54, 1.807) is 0 Å². The zero-order chi connectivity index (χ0) is 19.3. The van der Waals surface area contributed by atoms with Crippen molar-refractivity contribution < 1.29 is 9.47 Å². The maximum absolute atomic E-state index is 6.05. The highest BCUT2D eigenvalue weighted by atomic mass is 16.5. The minimum absolute atomic E-state index is 0.558. The fraction of sp³-hybridized carbons (Fsp3) is 0.500. The molecule has 0 radical (unpaired) electrons. The molecule has 2 aromatic carbocycles.